The number of sulfonamides is 1. The minimum atomic E-state index is -3.86. The van der Waals surface area contributed by atoms with Gasteiger partial charge in [0.25, 0.3) is 0 Å². The molecule has 2 aliphatic heterocycles. The summed E-state index contributed by atoms with van der Waals surface area (Å²) in [7, 11) is -3.86. The zero-order chi connectivity index (χ0) is 19.7. The van der Waals surface area contributed by atoms with Gasteiger partial charge in [0.2, 0.25) is 15.9 Å². The number of rotatable bonds is 4. The normalized spacial score (nSPS) is 18.2. The summed E-state index contributed by atoms with van der Waals surface area (Å²) in [6, 6.07) is 13.3. The standard InChI is InChI=1S/C20H22FN3O3S/c21-17-6-2-4-8-19(17)28(26,27)23-13-11-22(12-14-23)15-20(25)24-10-9-16-5-1-3-7-18(16)24/h1-8H,9-15H2. The molecule has 6 nitrogen and oxygen atoms in total. The molecule has 1 saturated heterocycles. The van der Waals surface area contributed by atoms with Crippen molar-refractivity contribution in [3.8, 4) is 0 Å². The number of hydrogen-bond donors (Lipinski definition) is 0. The molecule has 28 heavy (non-hydrogen) atoms. The average molecular weight is 403 g/mol. The molecular weight excluding hydrogens is 381 g/mol. The van der Waals surface area contributed by atoms with E-state index in [1.165, 1.54) is 28.1 Å². The van der Waals surface area contributed by atoms with Gasteiger partial charge in [-0.1, -0.05) is 30.3 Å². The average Bonchev–Trinajstić information content (AvgIpc) is 3.13. The molecule has 2 aliphatic rings. The van der Waals surface area contributed by atoms with Gasteiger partial charge in [0.05, 0.1) is 6.54 Å². The topological polar surface area (TPSA) is 60.9 Å². The van der Waals surface area contributed by atoms with E-state index in [1.807, 2.05) is 29.2 Å². The molecule has 4 rings (SSSR count). The van der Waals surface area contributed by atoms with Crippen LogP contribution in [0.5, 0.6) is 0 Å². The number of fused-ring (bicyclic) bond motifs is 1. The molecule has 2 heterocycles. The Bertz CT molecular complexity index is 988. The number of anilines is 1. The molecule has 1 fully saturated rings. The Balaban J connectivity index is 1.37. The van der Waals surface area contributed by atoms with Crippen molar-refractivity contribution in [2.75, 3.05) is 44.2 Å². The van der Waals surface area contributed by atoms with E-state index in [-0.39, 0.29) is 30.4 Å². The van der Waals surface area contributed by atoms with Gasteiger partial charge in [-0.05, 0) is 30.2 Å². The van der Waals surface area contributed by atoms with Crippen molar-refractivity contribution in [1.82, 2.24) is 9.21 Å². The first kappa shape index (κ1) is 19.0. The van der Waals surface area contributed by atoms with E-state index in [2.05, 4.69) is 0 Å². The maximum Gasteiger partial charge on any atom is 0.246 e. The minimum absolute atomic E-state index is 0.0235. The Morgan fingerprint density at radius 2 is 1.61 bits per heavy atom. The lowest BCUT2D eigenvalue weighted by Crippen LogP contribution is -2.51. The molecule has 148 valence electrons. The highest BCUT2D eigenvalue weighted by Crippen LogP contribution is 2.27. The second-order valence-corrected chi connectivity index (χ2v) is 8.94. The van der Waals surface area contributed by atoms with Crippen LogP contribution in [0.4, 0.5) is 10.1 Å². The number of para-hydroxylation sites is 1. The van der Waals surface area contributed by atoms with Crippen LogP contribution in [0.15, 0.2) is 53.4 Å². The first-order valence-corrected chi connectivity index (χ1v) is 10.8. The molecule has 2 aromatic carbocycles. The highest BCUT2D eigenvalue weighted by Gasteiger charge is 2.32. The Morgan fingerprint density at radius 1 is 0.929 bits per heavy atom. The van der Waals surface area contributed by atoms with E-state index < -0.39 is 15.8 Å². The van der Waals surface area contributed by atoms with Gasteiger partial charge < -0.3 is 4.90 Å². The molecule has 0 bridgehead atoms. The van der Waals surface area contributed by atoms with Gasteiger partial charge in [-0.2, -0.15) is 4.31 Å². The second-order valence-electron chi connectivity index (χ2n) is 7.03. The molecule has 0 unspecified atom stereocenters. The summed E-state index contributed by atoms with van der Waals surface area (Å²) in [4.78, 5) is 16.2. The van der Waals surface area contributed by atoms with E-state index in [1.54, 1.807) is 4.90 Å². The zero-order valence-corrected chi connectivity index (χ0v) is 16.2. The van der Waals surface area contributed by atoms with Crippen LogP contribution in [0.3, 0.4) is 0 Å². The van der Waals surface area contributed by atoms with Gasteiger partial charge in [0.15, 0.2) is 0 Å². The number of carbonyl (C=O) groups is 1. The van der Waals surface area contributed by atoms with Crippen LogP contribution in [-0.4, -0.2) is 62.8 Å². The largest absolute Gasteiger partial charge is 0.311 e. The fourth-order valence-corrected chi connectivity index (χ4v) is 5.28. The SMILES string of the molecule is O=C(CN1CCN(S(=O)(=O)c2ccccc2F)CC1)N1CCc2ccccc21. The molecule has 0 N–H and O–H groups in total. The van der Waals surface area contributed by atoms with Crippen LogP contribution in [-0.2, 0) is 21.2 Å². The van der Waals surface area contributed by atoms with Gasteiger partial charge in [-0.25, -0.2) is 12.8 Å². The third kappa shape index (κ3) is 3.55. The lowest BCUT2D eigenvalue weighted by molar-refractivity contribution is -0.119. The summed E-state index contributed by atoms with van der Waals surface area (Å²) in [5, 5.41) is 0. The molecular formula is C20H22FN3O3S. The highest BCUT2D eigenvalue weighted by atomic mass is 32.2. The smallest absolute Gasteiger partial charge is 0.246 e. The summed E-state index contributed by atoms with van der Waals surface area (Å²) in [6.45, 7) is 2.28. The van der Waals surface area contributed by atoms with E-state index in [0.29, 0.717) is 19.6 Å². The van der Waals surface area contributed by atoms with Crippen LogP contribution in [0, 0.1) is 5.82 Å². The number of halogens is 1. The molecule has 0 radical (unpaired) electrons. The lowest BCUT2D eigenvalue weighted by Gasteiger charge is -2.34. The molecule has 8 heteroatoms. The van der Waals surface area contributed by atoms with Crippen LogP contribution in [0.2, 0.25) is 0 Å². The molecule has 0 spiro atoms. The number of amides is 1. The molecule has 0 atom stereocenters. The summed E-state index contributed by atoms with van der Waals surface area (Å²) >= 11 is 0. The van der Waals surface area contributed by atoms with Gasteiger partial charge in [-0.3, -0.25) is 9.69 Å². The Morgan fingerprint density at radius 3 is 2.36 bits per heavy atom. The molecule has 2 aromatic rings. The Hall–Kier alpha value is -2.29. The van der Waals surface area contributed by atoms with Crippen LogP contribution in [0.1, 0.15) is 5.56 Å². The maximum absolute atomic E-state index is 13.9. The lowest BCUT2D eigenvalue weighted by atomic mass is 10.2. The van der Waals surface area contributed by atoms with Crippen molar-refractivity contribution < 1.29 is 17.6 Å². The molecule has 0 saturated carbocycles. The van der Waals surface area contributed by atoms with Gasteiger partial charge in [-0.15, -0.1) is 0 Å². The first-order valence-electron chi connectivity index (χ1n) is 9.32. The van der Waals surface area contributed by atoms with Crippen molar-refractivity contribution in [2.24, 2.45) is 0 Å². The van der Waals surface area contributed by atoms with Crippen molar-refractivity contribution in [3.63, 3.8) is 0 Å². The number of carbonyl (C=O) groups excluding carboxylic acids is 1. The molecule has 0 aliphatic carbocycles. The predicted octanol–water partition coefficient (Wildman–Crippen LogP) is 1.72. The predicted molar refractivity (Wildman–Crippen MR) is 104 cm³/mol. The molecule has 1 amide bonds. The van der Waals surface area contributed by atoms with Crippen LogP contribution in [0.25, 0.3) is 0 Å². The fraction of sp³-hybridized carbons (Fsp3) is 0.350. The zero-order valence-electron chi connectivity index (χ0n) is 15.4. The highest BCUT2D eigenvalue weighted by molar-refractivity contribution is 7.89. The number of hydrogen-bond acceptors (Lipinski definition) is 4. The maximum atomic E-state index is 13.9. The molecule has 0 aromatic heterocycles. The van der Waals surface area contributed by atoms with Crippen molar-refractivity contribution in [2.45, 2.75) is 11.3 Å². The van der Waals surface area contributed by atoms with Crippen molar-refractivity contribution in [1.29, 1.82) is 0 Å². The number of nitrogens with zero attached hydrogens (tertiary/aromatic N) is 3. The fourth-order valence-electron chi connectivity index (χ4n) is 3.79. The van der Waals surface area contributed by atoms with Gasteiger partial charge >= 0.3 is 0 Å². The monoisotopic (exact) mass is 403 g/mol. The van der Waals surface area contributed by atoms with Gasteiger partial charge in [0, 0.05) is 38.4 Å². The summed E-state index contributed by atoms with van der Waals surface area (Å²) in [5.41, 5.74) is 2.14. The summed E-state index contributed by atoms with van der Waals surface area (Å²) in [6.07, 6.45) is 0.858. The van der Waals surface area contributed by atoms with Crippen molar-refractivity contribution in [3.05, 3.63) is 59.9 Å². The minimum Gasteiger partial charge on any atom is -0.311 e. The Kier molecular flexibility index (Phi) is 5.18. The quantitative estimate of drug-likeness (QED) is 0.780. The van der Waals surface area contributed by atoms with E-state index >= 15 is 0 Å². The summed E-state index contributed by atoms with van der Waals surface area (Å²) < 4.78 is 40.6. The van der Waals surface area contributed by atoms with Crippen LogP contribution < -0.4 is 4.90 Å². The third-order valence-electron chi connectivity index (χ3n) is 5.33. The van der Waals surface area contributed by atoms with Crippen LogP contribution >= 0.6 is 0 Å². The van der Waals surface area contributed by atoms with E-state index in [4.69, 9.17) is 0 Å². The second kappa shape index (κ2) is 7.62. The Labute approximate surface area is 164 Å². The van der Waals surface area contributed by atoms with E-state index in [9.17, 15) is 17.6 Å². The summed E-state index contributed by atoms with van der Waals surface area (Å²) in [5.74, 6) is -0.719. The van der Waals surface area contributed by atoms with E-state index in [0.717, 1.165) is 18.2 Å². The number of piperazine rings is 1. The van der Waals surface area contributed by atoms with Gasteiger partial charge in [0.1, 0.15) is 10.7 Å². The number of benzene rings is 2. The van der Waals surface area contributed by atoms with Crippen molar-refractivity contribution >= 4 is 21.6 Å². The first-order chi connectivity index (χ1) is 13.5. The third-order valence-corrected chi connectivity index (χ3v) is 7.26.